The minimum atomic E-state index is 0.612. The van der Waals surface area contributed by atoms with Crippen molar-refractivity contribution in [3.05, 3.63) is 11.0 Å². The molecule has 1 aromatic rings. The predicted molar refractivity (Wildman–Crippen MR) is 78.9 cm³/mol. The van der Waals surface area contributed by atoms with Crippen molar-refractivity contribution in [2.75, 3.05) is 0 Å². The highest BCUT2D eigenvalue weighted by Gasteiger charge is 2.29. The van der Waals surface area contributed by atoms with Gasteiger partial charge in [0, 0.05) is 9.50 Å². The molecular weight excluding hydrogens is 521 g/mol. The lowest BCUT2D eigenvalue weighted by Crippen LogP contribution is -2.05. The number of nitrogens with zero attached hydrogens (tertiary/aromatic N) is 4. The van der Waals surface area contributed by atoms with Gasteiger partial charge in [-0.15, -0.1) is 5.10 Å². The van der Waals surface area contributed by atoms with E-state index in [-0.39, 0.29) is 0 Å². The molecule has 2 rings (SSSR count). The third kappa shape index (κ3) is 2.77. The van der Waals surface area contributed by atoms with Crippen molar-refractivity contribution in [1.29, 1.82) is 0 Å². The zero-order valence-corrected chi connectivity index (χ0v) is 13.6. The highest BCUT2D eigenvalue weighted by molar-refractivity contribution is 14.2. The molecule has 76 valence electrons. The second-order valence-electron chi connectivity index (χ2n) is 3.13. The van der Waals surface area contributed by atoms with E-state index in [1.807, 2.05) is 4.68 Å². The van der Waals surface area contributed by atoms with Gasteiger partial charge in [0.1, 0.15) is 0 Å². The molecule has 0 N–H and O–H groups in total. The van der Waals surface area contributed by atoms with E-state index in [1.54, 1.807) is 0 Å². The molecule has 0 atom stereocenters. The van der Waals surface area contributed by atoms with Crippen LogP contribution in [-0.4, -0.2) is 20.2 Å². The van der Waals surface area contributed by atoms with E-state index in [9.17, 15) is 0 Å². The summed E-state index contributed by atoms with van der Waals surface area (Å²) in [6.07, 6.45) is 2.48. The first kappa shape index (κ1) is 11.5. The summed E-state index contributed by atoms with van der Waals surface area (Å²) < 4.78 is 4.48. The lowest BCUT2D eigenvalue weighted by molar-refractivity contribution is 0.628. The van der Waals surface area contributed by atoms with E-state index >= 15 is 0 Å². The van der Waals surface area contributed by atoms with Gasteiger partial charge in [0.25, 0.3) is 0 Å². The second kappa shape index (κ2) is 4.89. The van der Waals surface area contributed by atoms with Crippen LogP contribution < -0.4 is 0 Å². The van der Waals surface area contributed by atoms with Crippen LogP contribution in [0.15, 0.2) is 5.17 Å². The van der Waals surface area contributed by atoms with Gasteiger partial charge in [0.15, 0.2) is 5.82 Å². The van der Waals surface area contributed by atoms with Crippen molar-refractivity contribution in [3.63, 3.8) is 0 Å². The van der Waals surface area contributed by atoms with E-state index in [2.05, 4.69) is 83.3 Å². The zero-order chi connectivity index (χ0) is 10.1. The summed E-state index contributed by atoms with van der Waals surface area (Å²) >= 11 is 6.97. The summed E-state index contributed by atoms with van der Waals surface area (Å²) in [7, 11) is 0. The maximum atomic E-state index is 4.06. The highest BCUT2D eigenvalue weighted by atomic mass is 127. The third-order valence-electron chi connectivity index (χ3n) is 2.00. The molecule has 0 unspecified atom stereocenters. The Kier molecular flexibility index (Phi) is 4.01. The summed E-state index contributed by atoms with van der Waals surface area (Å²) in [5.74, 6) is 1.66. The second-order valence-corrected chi connectivity index (χ2v) is 8.66. The number of aromatic nitrogens is 4. The van der Waals surface area contributed by atoms with Crippen LogP contribution in [-0.2, 0) is 6.54 Å². The monoisotopic (exact) mass is 528 g/mol. The molecule has 1 saturated carbocycles. The fourth-order valence-electron chi connectivity index (χ4n) is 1.15. The first-order valence-electron chi connectivity index (χ1n) is 4.14. The number of tetrazole rings is 1. The van der Waals surface area contributed by atoms with Crippen molar-refractivity contribution >= 4 is 67.8 Å². The van der Waals surface area contributed by atoms with Crippen LogP contribution in [0.25, 0.3) is 0 Å². The molecule has 0 bridgehead atoms. The van der Waals surface area contributed by atoms with E-state index in [1.165, 1.54) is 18.0 Å². The van der Waals surface area contributed by atoms with Gasteiger partial charge in [0.05, 0.1) is 8.13 Å². The number of hydrogen-bond acceptors (Lipinski definition) is 3. The standard InChI is InChI=1S/C7H7I3N4/c8-5(6(9)10)3-14-7(4-1-2-4)11-12-13-14/h4H,1-3H2. The van der Waals surface area contributed by atoms with Crippen LogP contribution in [0.4, 0.5) is 0 Å². The van der Waals surface area contributed by atoms with Crippen LogP contribution >= 0.6 is 67.8 Å². The van der Waals surface area contributed by atoms with Crippen LogP contribution in [0.5, 0.6) is 0 Å². The molecule has 0 spiro atoms. The normalized spacial score (nSPS) is 15.6. The lowest BCUT2D eigenvalue weighted by atomic mass is 10.4. The summed E-state index contributed by atoms with van der Waals surface area (Å²) in [5.41, 5.74) is 0. The van der Waals surface area contributed by atoms with Gasteiger partial charge in [-0.25, -0.2) is 4.68 Å². The van der Waals surface area contributed by atoms with Gasteiger partial charge in [-0.3, -0.25) is 0 Å². The molecule has 1 aromatic heterocycles. The molecule has 0 saturated heterocycles. The summed E-state index contributed by atoms with van der Waals surface area (Å²) in [4.78, 5) is 0. The van der Waals surface area contributed by atoms with Gasteiger partial charge in [-0.05, 0) is 91.0 Å². The molecule has 7 heteroatoms. The molecule has 0 aliphatic heterocycles. The topological polar surface area (TPSA) is 43.6 Å². The molecule has 0 amide bonds. The number of halogens is 3. The number of allylic oxidation sites excluding steroid dienone is 1. The fourth-order valence-corrected chi connectivity index (χ4v) is 1.81. The Morgan fingerprint density at radius 1 is 1.36 bits per heavy atom. The van der Waals surface area contributed by atoms with Crippen LogP contribution in [0, 0.1) is 0 Å². The van der Waals surface area contributed by atoms with Crippen molar-refractivity contribution in [2.24, 2.45) is 0 Å². The third-order valence-corrected chi connectivity index (χ3v) is 6.24. The summed E-state index contributed by atoms with van der Waals surface area (Å²) in [6.45, 7) is 0.806. The van der Waals surface area contributed by atoms with E-state index in [0.29, 0.717) is 5.92 Å². The molecule has 1 fully saturated rings. The van der Waals surface area contributed by atoms with Crippen LogP contribution in [0.1, 0.15) is 24.6 Å². The number of rotatable bonds is 3. The first-order valence-corrected chi connectivity index (χ1v) is 7.38. The Labute approximate surface area is 123 Å². The quantitative estimate of drug-likeness (QED) is 0.568. The predicted octanol–water partition coefficient (Wildman–Crippen LogP) is 3.02. The van der Waals surface area contributed by atoms with Crippen molar-refractivity contribution < 1.29 is 0 Å². The van der Waals surface area contributed by atoms with Gasteiger partial charge in [0.2, 0.25) is 0 Å². The van der Waals surface area contributed by atoms with Crippen LogP contribution in [0.3, 0.4) is 0 Å². The Morgan fingerprint density at radius 2 is 2.07 bits per heavy atom. The van der Waals surface area contributed by atoms with Gasteiger partial charge >= 0.3 is 0 Å². The minimum Gasteiger partial charge on any atom is -0.224 e. The molecule has 0 aromatic carbocycles. The molecule has 1 heterocycles. The largest absolute Gasteiger partial charge is 0.224 e. The summed E-state index contributed by atoms with van der Waals surface area (Å²) in [6, 6.07) is 0. The molecule has 4 nitrogen and oxygen atoms in total. The Hall–Kier alpha value is 1.00. The van der Waals surface area contributed by atoms with E-state index < -0.39 is 0 Å². The van der Waals surface area contributed by atoms with Gasteiger partial charge < -0.3 is 0 Å². The van der Waals surface area contributed by atoms with Crippen molar-refractivity contribution in [2.45, 2.75) is 25.3 Å². The molecule has 14 heavy (non-hydrogen) atoms. The number of hydrogen-bond donors (Lipinski definition) is 0. The van der Waals surface area contributed by atoms with Gasteiger partial charge in [-0.2, -0.15) is 0 Å². The SMILES string of the molecule is IC(I)=C(I)Cn1nnnc1C1CC1. The fraction of sp³-hybridized carbons (Fsp3) is 0.571. The molecular formula is C7H7I3N4. The minimum absolute atomic E-state index is 0.612. The average molecular weight is 528 g/mol. The maximum absolute atomic E-state index is 4.06. The molecule has 0 radical (unpaired) electrons. The highest BCUT2D eigenvalue weighted by Crippen LogP contribution is 2.39. The maximum Gasteiger partial charge on any atom is 0.154 e. The van der Waals surface area contributed by atoms with Crippen molar-refractivity contribution in [3.8, 4) is 0 Å². The Morgan fingerprint density at radius 3 is 2.64 bits per heavy atom. The first-order chi connectivity index (χ1) is 6.68. The Bertz CT molecular complexity index is 365. The van der Waals surface area contributed by atoms with Crippen molar-refractivity contribution in [1.82, 2.24) is 20.2 Å². The molecule has 1 aliphatic carbocycles. The van der Waals surface area contributed by atoms with E-state index in [4.69, 9.17) is 0 Å². The lowest BCUT2D eigenvalue weighted by Gasteiger charge is -2.02. The van der Waals surface area contributed by atoms with Crippen LogP contribution in [0.2, 0.25) is 0 Å². The smallest absolute Gasteiger partial charge is 0.154 e. The van der Waals surface area contributed by atoms with Gasteiger partial charge in [-0.1, -0.05) is 0 Å². The summed E-state index contributed by atoms with van der Waals surface area (Å²) in [5, 5.41) is 11.8. The molecule has 1 aliphatic rings. The van der Waals surface area contributed by atoms with E-state index in [0.717, 1.165) is 12.4 Å². The zero-order valence-electron chi connectivity index (χ0n) is 7.12. The average Bonchev–Trinajstić information content (AvgIpc) is 2.88. The Balaban J connectivity index is 2.16.